The maximum absolute atomic E-state index is 5.37. The number of benzene rings is 1. The van der Waals surface area contributed by atoms with E-state index in [0.717, 1.165) is 33.5 Å². The van der Waals surface area contributed by atoms with E-state index in [1.54, 1.807) is 18.4 Å². The van der Waals surface area contributed by atoms with Gasteiger partial charge in [-0.25, -0.2) is 4.98 Å². The molecule has 0 spiro atoms. The Morgan fingerprint density at radius 3 is 2.61 bits per heavy atom. The molecule has 0 saturated heterocycles. The summed E-state index contributed by atoms with van der Waals surface area (Å²) in [5.74, 6) is 1.61. The summed E-state index contributed by atoms with van der Waals surface area (Å²) in [6.07, 6.45) is 0. The fraction of sp³-hybridized carbons (Fsp3) is 0.235. The molecular formula is C17H18N4OS. The standard InChI is InChI=1S/C17H18N4OS/c1-12-18-13(11-23-12)10-21(2)17-9-8-15(19-20-17)14-6-4-5-7-16(14)22-3/h4-9,11H,10H2,1-3H3. The zero-order chi connectivity index (χ0) is 16.2. The van der Waals surface area contributed by atoms with Crippen LogP contribution in [-0.2, 0) is 6.54 Å². The molecule has 0 radical (unpaired) electrons. The van der Waals surface area contributed by atoms with Crippen LogP contribution >= 0.6 is 11.3 Å². The van der Waals surface area contributed by atoms with Gasteiger partial charge in [-0.1, -0.05) is 12.1 Å². The molecule has 23 heavy (non-hydrogen) atoms. The molecule has 0 aliphatic heterocycles. The minimum absolute atomic E-state index is 0.715. The minimum Gasteiger partial charge on any atom is -0.496 e. The van der Waals surface area contributed by atoms with Crippen molar-refractivity contribution < 1.29 is 4.74 Å². The second-order valence-electron chi connectivity index (χ2n) is 5.19. The Kier molecular flexibility index (Phi) is 4.52. The normalized spacial score (nSPS) is 10.6. The molecule has 0 saturated carbocycles. The van der Waals surface area contributed by atoms with Gasteiger partial charge >= 0.3 is 0 Å². The lowest BCUT2D eigenvalue weighted by molar-refractivity contribution is 0.416. The lowest BCUT2D eigenvalue weighted by Gasteiger charge is -2.16. The summed E-state index contributed by atoms with van der Waals surface area (Å²) < 4.78 is 5.37. The van der Waals surface area contributed by atoms with Gasteiger partial charge in [0, 0.05) is 18.0 Å². The third-order valence-electron chi connectivity index (χ3n) is 3.49. The number of aryl methyl sites for hydroxylation is 1. The van der Waals surface area contributed by atoms with Crippen molar-refractivity contribution in [2.24, 2.45) is 0 Å². The Morgan fingerprint density at radius 2 is 1.96 bits per heavy atom. The fourth-order valence-corrected chi connectivity index (χ4v) is 2.94. The number of anilines is 1. The van der Waals surface area contributed by atoms with Gasteiger partial charge < -0.3 is 9.64 Å². The Morgan fingerprint density at radius 1 is 1.13 bits per heavy atom. The molecule has 0 atom stereocenters. The summed E-state index contributed by atoms with van der Waals surface area (Å²) in [6.45, 7) is 2.73. The van der Waals surface area contributed by atoms with Crippen LogP contribution in [0.15, 0.2) is 41.8 Å². The first-order valence-corrected chi connectivity index (χ1v) is 8.14. The largest absolute Gasteiger partial charge is 0.496 e. The van der Waals surface area contributed by atoms with E-state index in [-0.39, 0.29) is 0 Å². The Balaban J connectivity index is 1.79. The van der Waals surface area contributed by atoms with Gasteiger partial charge in [0.2, 0.25) is 0 Å². The summed E-state index contributed by atoms with van der Waals surface area (Å²) >= 11 is 1.66. The minimum atomic E-state index is 0.715. The van der Waals surface area contributed by atoms with Crippen molar-refractivity contribution in [3.63, 3.8) is 0 Å². The molecule has 0 amide bonds. The van der Waals surface area contributed by atoms with E-state index in [9.17, 15) is 0 Å². The predicted octanol–water partition coefficient (Wildman–Crippen LogP) is 3.55. The number of para-hydroxylation sites is 1. The lowest BCUT2D eigenvalue weighted by Crippen LogP contribution is -2.18. The summed E-state index contributed by atoms with van der Waals surface area (Å²) in [5, 5.41) is 11.8. The van der Waals surface area contributed by atoms with Crippen LogP contribution in [0.1, 0.15) is 10.7 Å². The quantitative estimate of drug-likeness (QED) is 0.717. The number of rotatable bonds is 5. The van der Waals surface area contributed by atoms with Crippen LogP contribution in [0, 0.1) is 6.92 Å². The van der Waals surface area contributed by atoms with Crippen LogP contribution in [-0.4, -0.2) is 29.3 Å². The highest BCUT2D eigenvalue weighted by Crippen LogP contribution is 2.28. The number of thiazole rings is 1. The Hall–Kier alpha value is -2.47. The van der Waals surface area contributed by atoms with Gasteiger partial charge in [0.15, 0.2) is 5.82 Å². The van der Waals surface area contributed by atoms with Crippen LogP contribution in [0.3, 0.4) is 0 Å². The van der Waals surface area contributed by atoms with Crippen molar-refractivity contribution in [2.75, 3.05) is 19.1 Å². The maximum atomic E-state index is 5.37. The third kappa shape index (κ3) is 3.48. The zero-order valence-electron chi connectivity index (χ0n) is 13.4. The van der Waals surface area contributed by atoms with Crippen LogP contribution in [0.4, 0.5) is 5.82 Å². The first-order chi connectivity index (χ1) is 11.2. The van der Waals surface area contributed by atoms with E-state index in [2.05, 4.69) is 20.6 Å². The van der Waals surface area contributed by atoms with Crippen molar-refractivity contribution in [1.82, 2.24) is 15.2 Å². The van der Waals surface area contributed by atoms with Gasteiger partial charge in [-0.2, -0.15) is 0 Å². The van der Waals surface area contributed by atoms with Crippen LogP contribution in [0.2, 0.25) is 0 Å². The molecule has 0 N–H and O–H groups in total. The van der Waals surface area contributed by atoms with Crippen molar-refractivity contribution in [1.29, 1.82) is 0 Å². The molecule has 118 valence electrons. The van der Waals surface area contributed by atoms with Gasteiger partial charge in [0.05, 0.1) is 30.1 Å². The number of hydrogen-bond donors (Lipinski definition) is 0. The third-order valence-corrected chi connectivity index (χ3v) is 4.31. The SMILES string of the molecule is COc1ccccc1-c1ccc(N(C)Cc2csc(C)n2)nn1. The van der Waals surface area contributed by atoms with Crippen LogP contribution in [0.25, 0.3) is 11.3 Å². The zero-order valence-corrected chi connectivity index (χ0v) is 14.2. The summed E-state index contributed by atoms with van der Waals surface area (Å²) in [5.41, 5.74) is 2.78. The summed E-state index contributed by atoms with van der Waals surface area (Å²) in [4.78, 5) is 6.51. The Bertz CT molecular complexity index is 785. The van der Waals surface area contributed by atoms with E-state index < -0.39 is 0 Å². The van der Waals surface area contributed by atoms with Crippen molar-refractivity contribution in [3.8, 4) is 17.0 Å². The average molecular weight is 326 g/mol. The van der Waals surface area contributed by atoms with Gasteiger partial charge in [-0.3, -0.25) is 0 Å². The number of methoxy groups -OCH3 is 1. The number of hydrogen-bond acceptors (Lipinski definition) is 6. The van der Waals surface area contributed by atoms with E-state index in [0.29, 0.717) is 6.54 Å². The van der Waals surface area contributed by atoms with E-state index >= 15 is 0 Å². The molecule has 0 aliphatic rings. The molecule has 0 bridgehead atoms. The molecule has 0 aliphatic carbocycles. The predicted molar refractivity (Wildman–Crippen MR) is 93.0 cm³/mol. The second kappa shape index (κ2) is 6.75. The summed E-state index contributed by atoms with van der Waals surface area (Å²) in [6, 6.07) is 11.7. The molecule has 0 fully saturated rings. The van der Waals surface area contributed by atoms with E-state index in [1.807, 2.05) is 55.3 Å². The highest BCUT2D eigenvalue weighted by Gasteiger charge is 2.10. The molecule has 3 rings (SSSR count). The molecule has 1 aromatic carbocycles. The summed E-state index contributed by atoms with van der Waals surface area (Å²) in [7, 11) is 3.64. The molecule has 3 aromatic rings. The Labute approximate surface area is 139 Å². The highest BCUT2D eigenvalue weighted by atomic mass is 32.1. The van der Waals surface area contributed by atoms with E-state index in [4.69, 9.17) is 4.74 Å². The van der Waals surface area contributed by atoms with Crippen LogP contribution in [0.5, 0.6) is 5.75 Å². The van der Waals surface area contributed by atoms with E-state index in [1.165, 1.54) is 0 Å². The number of nitrogens with zero attached hydrogens (tertiary/aromatic N) is 4. The molecular weight excluding hydrogens is 308 g/mol. The van der Waals surface area contributed by atoms with Gasteiger partial charge in [0.1, 0.15) is 5.75 Å². The monoisotopic (exact) mass is 326 g/mol. The smallest absolute Gasteiger partial charge is 0.151 e. The van der Waals surface area contributed by atoms with Gasteiger partial charge in [0.25, 0.3) is 0 Å². The molecule has 2 heterocycles. The molecule has 5 nitrogen and oxygen atoms in total. The number of aromatic nitrogens is 3. The van der Waals surface area contributed by atoms with Crippen molar-refractivity contribution >= 4 is 17.2 Å². The maximum Gasteiger partial charge on any atom is 0.151 e. The first kappa shape index (κ1) is 15.4. The van der Waals surface area contributed by atoms with Crippen molar-refractivity contribution in [2.45, 2.75) is 13.5 Å². The second-order valence-corrected chi connectivity index (χ2v) is 6.25. The molecule has 2 aromatic heterocycles. The topological polar surface area (TPSA) is 51.1 Å². The van der Waals surface area contributed by atoms with Gasteiger partial charge in [-0.05, 0) is 31.2 Å². The lowest BCUT2D eigenvalue weighted by atomic mass is 10.1. The number of ether oxygens (including phenoxy) is 1. The molecule has 0 unspecified atom stereocenters. The van der Waals surface area contributed by atoms with Crippen molar-refractivity contribution in [3.05, 3.63) is 52.5 Å². The average Bonchev–Trinajstić information content (AvgIpc) is 3.00. The molecule has 6 heteroatoms. The first-order valence-electron chi connectivity index (χ1n) is 7.26. The van der Waals surface area contributed by atoms with Crippen LogP contribution < -0.4 is 9.64 Å². The fourth-order valence-electron chi connectivity index (χ4n) is 2.33. The van der Waals surface area contributed by atoms with Gasteiger partial charge in [-0.15, -0.1) is 21.5 Å². The highest BCUT2D eigenvalue weighted by molar-refractivity contribution is 7.09.